The molecule has 0 aromatic heterocycles. The fourth-order valence-electron chi connectivity index (χ4n) is 2.03. The lowest BCUT2D eigenvalue weighted by molar-refractivity contribution is -0.124. The summed E-state index contributed by atoms with van der Waals surface area (Å²) in [5.41, 5.74) is 7.90. The SMILES string of the molecule is Cc1cccc(C(C)(C)CNC(=O)C(C)CCN)c1. The molecule has 0 aliphatic rings. The molecule has 0 heterocycles. The average Bonchev–Trinajstić information content (AvgIpc) is 2.36. The predicted molar refractivity (Wildman–Crippen MR) is 80.1 cm³/mol. The van der Waals surface area contributed by atoms with Crippen molar-refractivity contribution in [3.63, 3.8) is 0 Å². The Hall–Kier alpha value is -1.35. The first-order chi connectivity index (χ1) is 8.86. The monoisotopic (exact) mass is 262 g/mol. The van der Waals surface area contributed by atoms with Crippen molar-refractivity contribution in [1.29, 1.82) is 0 Å². The molecular weight excluding hydrogens is 236 g/mol. The zero-order chi connectivity index (χ0) is 14.5. The minimum atomic E-state index is -0.0654. The molecule has 3 heteroatoms. The average molecular weight is 262 g/mol. The van der Waals surface area contributed by atoms with E-state index in [4.69, 9.17) is 5.73 Å². The molecule has 19 heavy (non-hydrogen) atoms. The molecule has 0 saturated heterocycles. The Balaban J connectivity index is 2.63. The van der Waals surface area contributed by atoms with Crippen LogP contribution >= 0.6 is 0 Å². The molecule has 0 bridgehead atoms. The van der Waals surface area contributed by atoms with E-state index in [2.05, 4.69) is 50.4 Å². The summed E-state index contributed by atoms with van der Waals surface area (Å²) in [5.74, 6) is 0.0736. The molecule has 1 unspecified atom stereocenters. The van der Waals surface area contributed by atoms with Crippen molar-refractivity contribution in [2.75, 3.05) is 13.1 Å². The number of rotatable bonds is 6. The van der Waals surface area contributed by atoms with Gasteiger partial charge in [0, 0.05) is 17.9 Å². The lowest BCUT2D eigenvalue weighted by Gasteiger charge is -2.27. The molecular formula is C16H26N2O. The summed E-state index contributed by atoms with van der Waals surface area (Å²) < 4.78 is 0. The molecule has 0 fully saturated rings. The Morgan fingerprint density at radius 2 is 2.11 bits per heavy atom. The van der Waals surface area contributed by atoms with Crippen LogP contribution < -0.4 is 11.1 Å². The molecule has 0 radical (unpaired) electrons. The minimum Gasteiger partial charge on any atom is -0.355 e. The van der Waals surface area contributed by atoms with Gasteiger partial charge < -0.3 is 11.1 Å². The largest absolute Gasteiger partial charge is 0.355 e. The fraction of sp³-hybridized carbons (Fsp3) is 0.562. The molecule has 1 atom stereocenters. The Morgan fingerprint density at radius 3 is 2.68 bits per heavy atom. The summed E-state index contributed by atoms with van der Waals surface area (Å²) in [5, 5.41) is 3.03. The molecule has 3 N–H and O–H groups in total. The van der Waals surface area contributed by atoms with E-state index in [0.29, 0.717) is 13.1 Å². The van der Waals surface area contributed by atoms with Crippen LogP contribution in [0.25, 0.3) is 0 Å². The summed E-state index contributed by atoms with van der Waals surface area (Å²) in [6.45, 7) is 9.49. The zero-order valence-corrected chi connectivity index (χ0v) is 12.5. The summed E-state index contributed by atoms with van der Waals surface area (Å²) in [6.07, 6.45) is 0.733. The first-order valence-electron chi connectivity index (χ1n) is 6.92. The third kappa shape index (κ3) is 4.67. The Labute approximate surface area is 116 Å². The molecule has 1 rings (SSSR count). The molecule has 106 valence electrons. The second kappa shape index (κ2) is 6.71. The van der Waals surface area contributed by atoms with Crippen molar-refractivity contribution in [1.82, 2.24) is 5.32 Å². The third-order valence-corrected chi connectivity index (χ3v) is 3.55. The van der Waals surface area contributed by atoms with Crippen LogP contribution in [0.1, 0.15) is 38.3 Å². The van der Waals surface area contributed by atoms with Crippen LogP contribution in [0, 0.1) is 12.8 Å². The number of carbonyl (C=O) groups excluding carboxylic acids is 1. The maximum atomic E-state index is 11.9. The number of hydrogen-bond donors (Lipinski definition) is 2. The zero-order valence-electron chi connectivity index (χ0n) is 12.5. The van der Waals surface area contributed by atoms with Crippen LogP contribution in [0.5, 0.6) is 0 Å². The molecule has 1 aromatic carbocycles. The highest BCUT2D eigenvalue weighted by Gasteiger charge is 2.22. The second-order valence-corrected chi connectivity index (χ2v) is 5.95. The van der Waals surface area contributed by atoms with E-state index in [1.165, 1.54) is 11.1 Å². The molecule has 0 spiro atoms. The van der Waals surface area contributed by atoms with Crippen molar-refractivity contribution in [2.45, 2.75) is 39.5 Å². The van der Waals surface area contributed by atoms with Crippen LogP contribution in [0.15, 0.2) is 24.3 Å². The van der Waals surface area contributed by atoms with Gasteiger partial charge in [-0.2, -0.15) is 0 Å². The first-order valence-corrected chi connectivity index (χ1v) is 6.92. The first kappa shape index (κ1) is 15.7. The number of benzene rings is 1. The molecule has 1 amide bonds. The lowest BCUT2D eigenvalue weighted by Crippen LogP contribution is -2.39. The van der Waals surface area contributed by atoms with Gasteiger partial charge in [0.2, 0.25) is 5.91 Å². The topological polar surface area (TPSA) is 55.1 Å². The Morgan fingerprint density at radius 1 is 1.42 bits per heavy atom. The number of amides is 1. The van der Waals surface area contributed by atoms with Crippen LogP contribution in [0.3, 0.4) is 0 Å². The van der Waals surface area contributed by atoms with Gasteiger partial charge in [0.25, 0.3) is 0 Å². The van der Waals surface area contributed by atoms with Crippen molar-refractivity contribution in [3.05, 3.63) is 35.4 Å². The van der Waals surface area contributed by atoms with Gasteiger partial charge >= 0.3 is 0 Å². The van der Waals surface area contributed by atoms with E-state index in [-0.39, 0.29) is 17.2 Å². The smallest absolute Gasteiger partial charge is 0.222 e. The predicted octanol–water partition coefficient (Wildman–Crippen LogP) is 2.37. The number of nitrogens with two attached hydrogens (primary N) is 1. The van der Waals surface area contributed by atoms with Crippen molar-refractivity contribution in [2.24, 2.45) is 11.7 Å². The maximum Gasteiger partial charge on any atom is 0.222 e. The van der Waals surface area contributed by atoms with Gasteiger partial charge in [-0.25, -0.2) is 0 Å². The van der Waals surface area contributed by atoms with Gasteiger partial charge in [-0.15, -0.1) is 0 Å². The maximum absolute atomic E-state index is 11.9. The number of carbonyl (C=O) groups is 1. The van der Waals surface area contributed by atoms with Gasteiger partial charge in [-0.3, -0.25) is 4.79 Å². The minimum absolute atomic E-state index is 0.0155. The highest BCUT2D eigenvalue weighted by atomic mass is 16.1. The summed E-state index contributed by atoms with van der Waals surface area (Å²) in [4.78, 5) is 11.9. The van der Waals surface area contributed by atoms with Crippen molar-refractivity contribution < 1.29 is 4.79 Å². The van der Waals surface area contributed by atoms with Gasteiger partial charge in [-0.1, -0.05) is 50.6 Å². The van der Waals surface area contributed by atoms with E-state index in [0.717, 1.165) is 6.42 Å². The fourth-order valence-corrected chi connectivity index (χ4v) is 2.03. The quantitative estimate of drug-likeness (QED) is 0.827. The molecule has 0 saturated carbocycles. The van der Waals surface area contributed by atoms with E-state index in [9.17, 15) is 4.79 Å². The third-order valence-electron chi connectivity index (χ3n) is 3.55. The summed E-state index contributed by atoms with van der Waals surface area (Å²) >= 11 is 0. The molecule has 0 aliphatic carbocycles. The number of hydrogen-bond acceptors (Lipinski definition) is 2. The normalized spacial score (nSPS) is 13.1. The highest BCUT2D eigenvalue weighted by molar-refractivity contribution is 5.78. The van der Waals surface area contributed by atoms with Crippen LogP contribution in [0.2, 0.25) is 0 Å². The van der Waals surface area contributed by atoms with E-state index in [1.54, 1.807) is 0 Å². The summed E-state index contributed by atoms with van der Waals surface area (Å²) in [7, 11) is 0. The lowest BCUT2D eigenvalue weighted by atomic mass is 9.84. The Kier molecular flexibility index (Phi) is 5.55. The van der Waals surface area contributed by atoms with Gasteiger partial charge in [0.05, 0.1) is 0 Å². The molecule has 0 aliphatic heterocycles. The van der Waals surface area contributed by atoms with Crippen LogP contribution in [0.4, 0.5) is 0 Å². The number of aryl methyl sites for hydroxylation is 1. The van der Waals surface area contributed by atoms with Crippen molar-refractivity contribution >= 4 is 5.91 Å². The van der Waals surface area contributed by atoms with E-state index in [1.807, 2.05) is 6.92 Å². The molecule has 3 nitrogen and oxygen atoms in total. The van der Waals surface area contributed by atoms with Crippen LogP contribution in [-0.4, -0.2) is 19.0 Å². The van der Waals surface area contributed by atoms with E-state index >= 15 is 0 Å². The Bertz CT molecular complexity index is 427. The standard InChI is InChI=1S/C16H26N2O/c1-12-6-5-7-14(10-12)16(3,4)11-18-15(19)13(2)8-9-17/h5-7,10,13H,8-9,11,17H2,1-4H3,(H,18,19). The van der Waals surface area contributed by atoms with E-state index < -0.39 is 0 Å². The highest BCUT2D eigenvalue weighted by Crippen LogP contribution is 2.23. The van der Waals surface area contributed by atoms with Gasteiger partial charge in [0.15, 0.2) is 0 Å². The summed E-state index contributed by atoms with van der Waals surface area (Å²) in [6, 6.07) is 8.44. The molecule has 1 aromatic rings. The van der Waals surface area contributed by atoms with Gasteiger partial charge in [-0.05, 0) is 25.5 Å². The number of nitrogens with one attached hydrogen (secondary N) is 1. The van der Waals surface area contributed by atoms with Gasteiger partial charge in [0.1, 0.15) is 0 Å². The van der Waals surface area contributed by atoms with Crippen molar-refractivity contribution in [3.8, 4) is 0 Å². The van der Waals surface area contributed by atoms with Crippen LogP contribution in [-0.2, 0) is 10.2 Å². The second-order valence-electron chi connectivity index (χ2n) is 5.95.